The molecule has 0 saturated heterocycles. The third-order valence-corrected chi connectivity index (χ3v) is 32.5. The average Bonchev–Trinajstić information content (AvgIpc) is 1.68. The second kappa shape index (κ2) is 51.4. The van der Waals surface area contributed by atoms with E-state index in [2.05, 4.69) is 281 Å². The van der Waals surface area contributed by atoms with Crippen molar-refractivity contribution < 1.29 is 101 Å². The number of aryl methyl sites for hydroxylation is 9. The van der Waals surface area contributed by atoms with E-state index in [1.807, 2.05) is 189 Å². The number of aromatic nitrogens is 8. The van der Waals surface area contributed by atoms with E-state index in [4.69, 9.17) is 58.0 Å². The Labute approximate surface area is 856 Å². The number of imidazole rings is 3. The van der Waals surface area contributed by atoms with Gasteiger partial charge in [-0.2, -0.15) is 4.68 Å². The molecule has 0 bridgehead atoms. The first-order chi connectivity index (χ1) is 59.3. The van der Waals surface area contributed by atoms with Crippen LogP contribution in [0.5, 0.6) is 0 Å². The van der Waals surface area contributed by atoms with E-state index in [9.17, 15) is 4.79 Å². The van der Waals surface area contributed by atoms with Gasteiger partial charge in [-0.3, -0.25) is 4.79 Å². The molecular formula is C96H108Br6Cl5N13OS6+2. The van der Waals surface area contributed by atoms with Gasteiger partial charge in [-0.05, 0) is 125 Å². The summed E-state index contributed by atoms with van der Waals surface area (Å²) in [5.74, 6) is 11.6. The molecule has 1 aliphatic heterocycles. The quantitative estimate of drug-likeness (QED) is 0.0169. The number of amidine groups is 1. The molecule has 0 spiro atoms. The number of hydrogen-bond donors (Lipinski definition) is 1. The molecule has 5 heterocycles. The molecule has 0 aliphatic carbocycles. The minimum Gasteiger partial charge on any atom is -1.00 e. The van der Waals surface area contributed by atoms with Gasteiger partial charge in [0.25, 0.3) is 23.2 Å². The van der Waals surface area contributed by atoms with Gasteiger partial charge in [0.1, 0.15) is 38.7 Å². The molecule has 4 aromatic heterocycles. The number of aldehydes is 1. The Hall–Kier alpha value is -5.05. The Bertz CT molecular complexity index is 6240. The molecule has 674 valence electrons. The van der Waals surface area contributed by atoms with Gasteiger partial charge in [0.15, 0.2) is 46.4 Å². The Balaban J connectivity index is 0.000000238. The van der Waals surface area contributed by atoms with E-state index in [0.29, 0.717) is 0 Å². The van der Waals surface area contributed by atoms with Crippen LogP contribution in [0.1, 0.15) is 45.4 Å². The summed E-state index contributed by atoms with van der Waals surface area (Å²) in [7, 11) is 36.6. The average molecular weight is 2310 g/mol. The maximum Gasteiger partial charge on any atom is 0.347 e. The van der Waals surface area contributed by atoms with E-state index in [0.717, 1.165) is 143 Å². The molecular weight excluding hydrogens is 2200 g/mol. The number of benzene rings is 11. The molecule has 0 saturated carbocycles. The largest absolute Gasteiger partial charge is 1.00 e. The van der Waals surface area contributed by atoms with Crippen LogP contribution in [0, 0.1) is 13.8 Å². The molecule has 15 aromatic rings. The maximum absolute atomic E-state index is 10.9. The van der Waals surface area contributed by atoms with E-state index in [1.54, 1.807) is 0 Å². The summed E-state index contributed by atoms with van der Waals surface area (Å²) in [6.45, 7) is 8.19. The van der Waals surface area contributed by atoms with Crippen molar-refractivity contribution in [2.45, 2.75) is 46.3 Å². The predicted molar refractivity (Wildman–Crippen MR) is 551 cm³/mol. The van der Waals surface area contributed by atoms with Crippen molar-refractivity contribution >= 4 is 284 Å². The van der Waals surface area contributed by atoms with Gasteiger partial charge in [-0.15, -0.1) is 9.26 Å². The first-order valence-corrected chi connectivity index (χ1v) is 52.3. The first kappa shape index (κ1) is 107. The lowest BCUT2D eigenvalue weighted by atomic mass is 9.98. The number of nitrogens with zero attached hydrogens (tertiary/aromatic N) is 12. The van der Waals surface area contributed by atoms with Crippen LogP contribution in [0.25, 0.3) is 88.5 Å². The SMILES string of the molecule is BrCCSSCCBr.CN(C)c1ccc(/C=C/c2n(C)c3cc(Cl)ccc3[n+]2CCSSCC[NH+]2C(CCc3ccc(N(C)C)c4ccccc34)=[N+](C)c3cc(Cl)ccc32)c2ccccc12.CN(C)c1ccc(C=O)c2ccccc12.Cc1n(C)c2cc(Cl)ccc2[n+]1CCSSCC[n+]1c(C)n(C)c2cc(Cl)ccc21.Cn1c2cc(Cl)ccc2c[n+]1C.[Br-].[Br-].[Br-].[Br-]. The molecule has 31 heteroatoms. The lowest BCUT2D eigenvalue weighted by molar-refractivity contribution is -0.748. The summed E-state index contributed by atoms with van der Waals surface area (Å²) in [6.07, 6.45) is 9.44. The van der Waals surface area contributed by atoms with Gasteiger partial charge >= 0.3 is 5.84 Å². The number of anilines is 3. The number of fused-ring (bicyclic) bond motifs is 8. The third kappa shape index (κ3) is 26.3. The number of rotatable bonds is 28. The highest BCUT2D eigenvalue weighted by Gasteiger charge is 2.40. The zero-order valence-corrected chi connectivity index (χ0v) is 91.8. The highest BCUT2D eigenvalue weighted by molar-refractivity contribution is 9.09. The van der Waals surface area contributed by atoms with Crippen molar-refractivity contribution in [3.05, 3.63) is 266 Å². The van der Waals surface area contributed by atoms with Gasteiger partial charge in [-0.1, -0.05) is 240 Å². The van der Waals surface area contributed by atoms with Crippen LogP contribution in [0.2, 0.25) is 25.1 Å². The van der Waals surface area contributed by atoms with Crippen molar-refractivity contribution in [3.63, 3.8) is 0 Å². The molecule has 11 aromatic carbocycles. The van der Waals surface area contributed by atoms with Gasteiger partial charge in [0, 0.05) is 196 Å². The smallest absolute Gasteiger partial charge is 0.347 e. The number of carbonyl (C=O) groups excluding carboxylic acids is 1. The van der Waals surface area contributed by atoms with E-state index in [1.165, 1.54) is 122 Å². The summed E-state index contributed by atoms with van der Waals surface area (Å²) < 4.78 is 20.4. The van der Waals surface area contributed by atoms with E-state index in [-0.39, 0.29) is 67.9 Å². The van der Waals surface area contributed by atoms with Crippen LogP contribution in [0.4, 0.5) is 28.4 Å². The van der Waals surface area contributed by atoms with Crippen LogP contribution in [0.3, 0.4) is 0 Å². The molecule has 1 atom stereocenters. The van der Waals surface area contributed by atoms with E-state index >= 15 is 0 Å². The molecule has 1 unspecified atom stereocenters. The molecule has 0 radical (unpaired) electrons. The Morgan fingerprint density at radius 1 is 0.417 bits per heavy atom. The molecule has 16 rings (SSSR count). The number of alkyl halides is 2. The van der Waals surface area contributed by atoms with Crippen molar-refractivity contribution in [2.75, 3.05) is 116 Å². The highest BCUT2D eigenvalue weighted by atomic mass is 79.9. The maximum atomic E-state index is 10.9. The summed E-state index contributed by atoms with van der Waals surface area (Å²) >= 11 is 38.0. The number of nitrogens with one attached hydrogen (secondary N) is 1. The van der Waals surface area contributed by atoms with Gasteiger partial charge in [-0.25, -0.2) is 32.3 Å². The number of halogens is 11. The summed E-state index contributed by atoms with van der Waals surface area (Å²) in [6, 6.07) is 69.1. The lowest BCUT2D eigenvalue weighted by Gasteiger charge is -2.17. The number of carbonyl (C=O) groups is 1. The zero-order valence-electron chi connectivity index (χ0n) is 73.6. The second-order valence-corrected chi connectivity index (χ2v) is 42.4. The summed E-state index contributed by atoms with van der Waals surface area (Å²) in [4.78, 5) is 18.8. The molecule has 1 aliphatic rings. The lowest BCUT2D eigenvalue weighted by Crippen LogP contribution is -3.09. The van der Waals surface area contributed by atoms with E-state index < -0.39 is 0 Å². The van der Waals surface area contributed by atoms with Crippen molar-refractivity contribution in [1.82, 2.24) is 18.4 Å². The fourth-order valence-electron chi connectivity index (χ4n) is 15.9. The van der Waals surface area contributed by atoms with Crippen LogP contribution < -0.4 is 106 Å². The van der Waals surface area contributed by atoms with Gasteiger partial charge in [0.05, 0.1) is 45.8 Å². The van der Waals surface area contributed by atoms with Crippen molar-refractivity contribution in [3.8, 4) is 0 Å². The van der Waals surface area contributed by atoms with Crippen LogP contribution in [0.15, 0.2) is 206 Å². The first-order valence-electron chi connectivity index (χ1n) is 40.7. The fraction of sp³-hybridized carbons (Fsp3) is 0.292. The van der Waals surface area contributed by atoms with Crippen LogP contribution in [-0.4, -0.2) is 136 Å². The molecule has 0 amide bonds. The minimum atomic E-state index is 0. The van der Waals surface area contributed by atoms with Gasteiger partial charge < -0.3 is 82.6 Å². The Morgan fingerprint density at radius 3 is 1.30 bits per heavy atom. The van der Waals surface area contributed by atoms with Crippen molar-refractivity contribution in [1.29, 1.82) is 0 Å². The Kier molecular flexibility index (Phi) is 43.4. The van der Waals surface area contributed by atoms with Crippen LogP contribution >= 0.6 is 155 Å². The fourth-order valence-corrected chi connectivity index (χ4v) is 24.5. The highest BCUT2D eigenvalue weighted by Crippen LogP contribution is 2.36. The molecule has 127 heavy (non-hydrogen) atoms. The third-order valence-electron chi connectivity index (χ3n) is 22.4. The number of quaternary nitrogens is 1. The normalized spacial score (nSPS) is 12.1. The minimum absolute atomic E-state index is 0. The standard InChI is InChI=1S/C48H50Cl2N6S2.C22H26Cl2N4S2.C13H13NO.C9H10ClN2.C4H8Br2S2.4BrH/c1-51(2)41-21-15-33(37-11-7-9-13-39(37)41)17-25-47-53(5)45-31-35(49)19-23-43(45)55(47)27-29-57-58-30-28-56-44-24-20-36(50)32-46(44)54(6)48(56)26-18-34-16-22-42(52(3)4)40-14-10-8-12-38(34)40;1-15-25(3)21-13-17(23)5-7-19(21)27(15)9-11-29-30-12-10-28-16(2)26(4)22-14-18(24)6-8-20(22)28;1-14(2)13-8-7-10(9-15)11-5-3-4-6-12(11)13;1-11-6-7-3-4-8(10)5-9(7)12(11)2;5-1-3-7-8-4-2-6;;;;/h7-17,19-25,31-32H,18,26-30H2,1-6H3;5-8,13-14H,9-12H2,1-4H3;3-9H,1-2H3;3-6H,1-2H3;1-4H2;4*1H/q2*+2;;+1;;;;;/p-3. The molecule has 0 fully saturated rings. The van der Waals surface area contributed by atoms with Crippen molar-refractivity contribution in [2.24, 2.45) is 35.2 Å². The summed E-state index contributed by atoms with van der Waals surface area (Å²) in [5, 5.41) is 14.6. The topological polar surface area (TPSA) is 69.5 Å². The van der Waals surface area contributed by atoms with Crippen LogP contribution in [-0.2, 0) is 61.3 Å². The number of hydrogen-bond acceptors (Lipinski definition) is 10. The summed E-state index contributed by atoms with van der Waals surface area (Å²) in [5.41, 5.74) is 17.8. The van der Waals surface area contributed by atoms with Gasteiger partial charge in [0.2, 0.25) is 11.9 Å². The molecule has 1 N–H and O–H groups in total. The Morgan fingerprint density at radius 2 is 0.811 bits per heavy atom. The predicted octanol–water partition coefficient (Wildman–Crippen LogP) is 11.1. The zero-order chi connectivity index (χ0) is 87.7. The monoisotopic (exact) mass is 2300 g/mol. The molecule has 14 nitrogen and oxygen atoms in total. The second-order valence-electron chi connectivity index (χ2n) is 30.5.